The lowest BCUT2D eigenvalue weighted by molar-refractivity contribution is 0.0958. The summed E-state index contributed by atoms with van der Waals surface area (Å²) in [6, 6.07) is 15.2. The predicted octanol–water partition coefficient (Wildman–Crippen LogP) is 3.61. The molecule has 0 bridgehead atoms. The van der Waals surface area contributed by atoms with Gasteiger partial charge in [-0.2, -0.15) is 0 Å². The van der Waals surface area contributed by atoms with Crippen molar-refractivity contribution in [3.8, 4) is 16.9 Å². The van der Waals surface area contributed by atoms with Crippen LogP contribution in [-0.4, -0.2) is 27.4 Å². The lowest BCUT2D eigenvalue weighted by atomic mass is 10.1. The third-order valence-electron chi connectivity index (χ3n) is 3.47. The van der Waals surface area contributed by atoms with E-state index in [1.54, 1.807) is 29.1 Å². The molecule has 0 atom stereocenters. The van der Waals surface area contributed by atoms with E-state index in [1.165, 1.54) is 0 Å². The van der Waals surface area contributed by atoms with Gasteiger partial charge in [-0.1, -0.05) is 39.4 Å². The van der Waals surface area contributed by atoms with Crippen molar-refractivity contribution in [1.29, 1.82) is 0 Å². The van der Waals surface area contributed by atoms with E-state index < -0.39 is 0 Å². The quantitative estimate of drug-likeness (QED) is 0.685. The molecule has 6 heteroatoms. The van der Waals surface area contributed by atoms with Gasteiger partial charge in [-0.15, -0.1) is 11.7 Å². The van der Waals surface area contributed by atoms with Crippen molar-refractivity contribution in [2.45, 2.75) is 0 Å². The summed E-state index contributed by atoms with van der Waals surface area (Å²) in [6.45, 7) is 4.02. The van der Waals surface area contributed by atoms with Crippen molar-refractivity contribution in [3.63, 3.8) is 0 Å². The molecule has 1 heterocycles. The highest BCUT2D eigenvalue weighted by molar-refractivity contribution is 9.10. The molecule has 0 radical (unpaired) electrons. The van der Waals surface area contributed by atoms with Crippen LogP contribution in [0.25, 0.3) is 16.9 Å². The summed E-state index contributed by atoms with van der Waals surface area (Å²) in [4.78, 5) is 11.9. The maximum Gasteiger partial charge on any atom is 0.251 e. The molecular formula is C18H15BrN4O. The number of halogens is 1. The number of benzene rings is 2. The number of hydrogen-bond donors (Lipinski definition) is 1. The summed E-state index contributed by atoms with van der Waals surface area (Å²) < 4.78 is 2.76. The van der Waals surface area contributed by atoms with Gasteiger partial charge in [-0.25, -0.2) is 4.68 Å². The normalized spacial score (nSPS) is 10.4. The Morgan fingerprint density at radius 1 is 1.17 bits per heavy atom. The van der Waals surface area contributed by atoms with Crippen molar-refractivity contribution in [3.05, 3.63) is 77.4 Å². The zero-order valence-electron chi connectivity index (χ0n) is 12.8. The number of amides is 1. The summed E-state index contributed by atoms with van der Waals surface area (Å²) in [5, 5.41) is 10.9. The zero-order chi connectivity index (χ0) is 16.9. The van der Waals surface area contributed by atoms with Crippen LogP contribution in [0.3, 0.4) is 0 Å². The Labute approximate surface area is 148 Å². The van der Waals surface area contributed by atoms with Gasteiger partial charge in [-0.3, -0.25) is 4.79 Å². The van der Waals surface area contributed by atoms with Gasteiger partial charge in [-0.05, 0) is 36.4 Å². The third-order valence-corrected chi connectivity index (χ3v) is 4.00. The van der Waals surface area contributed by atoms with Gasteiger partial charge in [0.1, 0.15) is 0 Å². The van der Waals surface area contributed by atoms with Crippen LogP contribution in [0.1, 0.15) is 10.4 Å². The molecule has 5 nitrogen and oxygen atoms in total. The van der Waals surface area contributed by atoms with Crippen LogP contribution in [0.4, 0.5) is 0 Å². The van der Waals surface area contributed by atoms with E-state index in [0.717, 1.165) is 21.4 Å². The van der Waals surface area contributed by atoms with Crippen LogP contribution >= 0.6 is 15.9 Å². The van der Waals surface area contributed by atoms with E-state index in [9.17, 15) is 4.79 Å². The first-order valence-electron chi connectivity index (χ1n) is 7.35. The van der Waals surface area contributed by atoms with Crippen molar-refractivity contribution >= 4 is 21.8 Å². The van der Waals surface area contributed by atoms with E-state index >= 15 is 0 Å². The van der Waals surface area contributed by atoms with Gasteiger partial charge in [0.25, 0.3) is 5.91 Å². The number of rotatable bonds is 5. The molecule has 1 N–H and O–H groups in total. The number of nitrogens with zero attached hydrogens (tertiary/aromatic N) is 3. The third kappa shape index (κ3) is 3.44. The summed E-state index contributed by atoms with van der Waals surface area (Å²) in [5.41, 5.74) is 3.32. The molecule has 2 aromatic carbocycles. The Morgan fingerprint density at radius 3 is 2.54 bits per heavy atom. The molecule has 1 amide bonds. The van der Waals surface area contributed by atoms with Crippen molar-refractivity contribution in [2.24, 2.45) is 0 Å². The van der Waals surface area contributed by atoms with Gasteiger partial charge < -0.3 is 5.32 Å². The van der Waals surface area contributed by atoms with Crippen molar-refractivity contribution in [1.82, 2.24) is 20.3 Å². The second-order valence-corrected chi connectivity index (χ2v) is 6.00. The Kier molecular flexibility index (Phi) is 4.86. The van der Waals surface area contributed by atoms with Crippen molar-refractivity contribution < 1.29 is 4.79 Å². The molecule has 0 aliphatic heterocycles. The van der Waals surface area contributed by atoms with Crippen LogP contribution in [0.15, 0.2) is 71.9 Å². The predicted molar refractivity (Wildman–Crippen MR) is 97.0 cm³/mol. The summed E-state index contributed by atoms with van der Waals surface area (Å²) in [5.74, 6) is -0.131. The first kappa shape index (κ1) is 16.1. The highest BCUT2D eigenvalue weighted by atomic mass is 79.9. The zero-order valence-corrected chi connectivity index (χ0v) is 14.4. The maximum atomic E-state index is 11.9. The van der Waals surface area contributed by atoms with E-state index in [4.69, 9.17) is 0 Å². The van der Waals surface area contributed by atoms with Gasteiger partial charge in [0, 0.05) is 22.1 Å². The second kappa shape index (κ2) is 7.23. The molecule has 3 rings (SSSR count). The summed E-state index contributed by atoms with van der Waals surface area (Å²) >= 11 is 3.43. The van der Waals surface area contributed by atoms with Gasteiger partial charge in [0.2, 0.25) is 0 Å². The Bertz CT molecular complexity index is 853. The van der Waals surface area contributed by atoms with Crippen LogP contribution in [-0.2, 0) is 0 Å². The standard InChI is InChI=1S/C18H15BrN4O/c1-2-11-20-18(24)14-5-9-16(10-6-14)23-17(12-21-22-23)13-3-7-15(19)8-4-13/h2-10,12H,1,11H2,(H,20,24). The molecule has 1 aromatic heterocycles. The molecule has 0 spiro atoms. The number of aromatic nitrogens is 3. The first-order valence-corrected chi connectivity index (χ1v) is 8.14. The maximum absolute atomic E-state index is 11.9. The molecule has 0 saturated carbocycles. The SMILES string of the molecule is C=CCNC(=O)c1ccc(-n2nncc2-c2ccc(Br)cc2)cc1. The molecule has 120 valence electrons. The first-order chi connectivity index (χ1) is 11.7. The van der Waals surface area contributed by atoms with Gasteiger partial charge in [0.05, 0.1) is 17.6 Å². The smallest absolute Gasteiger partial charge is 0.251 e. The van der Waals surface area contributed by atoms with E-state index in [1.807, 2.05) is 36.4 Å². The Hall–Kier alpha value is -2.73. The number of carbonyl (C=O) groups is 1. The summed E-state index contributed by atoms with van der Waals surface area (Å²) in [6.07, 6.45) is 3.36. The molecule has 0 saturated heterocycles. The molecule has 0 aliphatic rings. The topological polar surface area (TPSA) is 59.8 Å². The number of carbonyl (C=O) groups excluding carboxylic acids is 1. The highest BCUT2D eigenvalue weighted by Gasteiger charge is 2.10. The average Bonchev–Trinajstić information content (AvgIpc) is 3.10. The minimum absolute atomic E-state index is 0.131. The monoisotopic (exact) mass is 382 g/mol. The Balaban J connectivity index is 1.88. The van der Waals surface area contributed by atoms with E-state index in [-0.39, 0.29) is 5.91 Å². The van der Waals surface area contributed by atoms with Crippen LogP contribution in [0, 0.1) is 0 Å². The molecule has 24 heavy (non-hydrogen) atoms. The van der Waals surface area contributed by atoms with Crippen LogP contribution < -0.4 is 5.32 Å². The number of nitrogens with one attached hydrogen (secondary N) is 1. The van der Waals surface area contributed by atoms with E-state index in [0.29, 0.717) is 12.1 Å². The fraction of sp³-hybridized carbons (Fsp3) is 0.0556. The minimum Gasteiger partial charge on any atom is -0.349 e. The molecular weight excluding hydrogens is 368 g/mol. The Morgan fingerprint density at radius 2 is 1.88 bits per heavy atom. The number of hydrogen-bond acceptors (Lipinski definition) is 3. The average molecular weight is 383 g/mol. The largest absolute Gasteiger partial charge is 0.349 e. The van der Waals surface area contributed by atoms with Crippen LogP contribution in [0.2, 0.25) is 0 Å². The van der Waals surface area contributed by atoms with Crippen LogP contribution in [0.5, 0.6) is 0 Å². The minimum atomic E-state index is -0.131. The van der Waals surface area contributed by atoms with Gasteiger partial charge >= 0.3 is 0 Å². The fourth-order valence-corrected chi connectivity index (χ4v) is 2.53. The molecule has 0 unspecified atom stereocenters. The molecule has 0 aliphatic carbocycles. The molecule has 0 fully saturated rings. The fourth-order valence-electron chi connectivity index (χ4n) is 2.26. The highest BCUT2D eigenvalue weighted by Crippen LogP contribution is 2.23. The van der Waals surface area contributed by atoms with E-state index in [2.05, 4.69) is 38.1 Å². The second-order valence-electron chi connectivity index (χ2n) is 5.08. The lowest BCUT2D eigenvalue weighted by Crippen LogP contribution is -2.23. The van der Waals surface area contributed by atoms with Gasteiger partial charge in [0.15, 0.2) is 0 Å². The lowest BCUT2D eigenvalue weighted by Gasteiger charge is -2.08. The van der Waals surface area contributed by atoms with Crippen molar-refractivity contribution in [2.75, 3.05) is 6.54 Å². The molecule has 3 aromatic rings. The summed E-state index contributed by atoms with van der Waals surface area (Å²) in [7, 11) is 0.